The lowest BCUT2D eigenvalue weighted by Crippen LogP contribution is -2.75. The van der Waals surface area contributed by atoms with Gasteiger partial charge in [0.25, 0.3) is 0 Å². The Bertz CT molecular complexity index is 2570. The van der Waals surface area contributed by atoms with Crippen LogP contribution in [-0.2, 0) is 56.0 Å². The number of carbonyl (C=O) groups is 1. The Kier molecular flexibility index (Phi) is 16.2. The van der Waals surface area contributed by atoms with E-state index in [-0.39, 0.29) is 12.3 Å². The van der Waals surface area contributed by atoms with Crippen molar-refractivity contribution in [2.45, 2.75) is 56.0 Å². The molecule has 0 spiro atoms. The van der Waals surface area contributed by atoms with Crippen molar-refractivity contribution in [3.05, 3.63) is 172 Å². The van der Waals surface area contributed by atoms with Crippen molar-refractivity contribution in [1.29, 1.82) is 0 Å². The third-order valence-electron chi connectivity index (χ3n) is 10.9. The number of hydrogen-bond acceptors (Lipinski definition) is 4. The molecule has 0 saturated carbocycles. The molecule has 1 N–H and O–H groups in total. The maximum atomic E-state index is 14.2. The van der Waals surface area contributed by atoms with Gasteiger partial charge in [0.1, 0.15) is 12.3 Å². The van der Waals surface area contributed by atoms with E-state index in [9.17, 15) is 110 Å². The zero-order chi connectivity index (χ0) is 56.7. The summed E-state index contributed by atoms with van der Waals surface area (Å²) in [6.45, 7) is -0.312. The number of halogens is 24. The molecule has 0 fully saturated rings. The Morgan fingerprint density at radius 3 is 0.947 bits per heavy atom. The number of rotatable bonds is 9. The van der Waals surface area contributed by atoms with Gasteiger partial charge in [0.15, 0.2) is 13.0 Å². The molecule has 0 amide bonds. The molecule has 0 atom stereocenters. The number of aromatic nitrogens is 2. The fourth-order valence-electron chi connectivity index (χ4n) is 7.63. The number of ketones is 1. The van der Waals surface area contributed by atoms with Crippen molar-refractivity contribution in [2.24, 2.45) is 0 Å². The third kappa shape index (κ3) is 13.8. The van der Waals surface area contributed by atoms with E-state index in [0.717, 1.165) is 0 Å². The fourth-order valence-corrected chi connectivity index (χ4v) is 7.63. The number of alkyl halides is 24. The van der Waals surface area contributed by atoms with Gasteiger partial charge in [-0.2, -0.15) is 132 Å². The van der Waals surface area contributed by atoms with E-state index in [0.29, 0.717) is 11.4 Å². The first-order valence-electron chi connectivity index (χ1n) is 20.1. The molecule has 6 rings (SSSR count). The highest BCUT2D eigenvalue weighted by atomic mass is 19.4. The average Bonchev–Trinajstić information content (AvgIpc) is 3.28. The first kappa shape index (κ1) is 58.9. The quantitative estimate of drug-likeness (QED) is 0.0515. The fraction of sp³-hybridized carbons (Fsp3) is 0.222. The highest BCUT2D eigenvalue weighted by Crippen LogP contribution is 2.41. The van der Waals surface area contributed by atoms with Crippen LogP contribution < -0.4 is 31.2 Å². The Balaban J connectivity index is 0.000000483. The predicted molar refractivity (Wildman–Crippen MR) is 213 cm³/mol. The van der Waals surface area contributed by atoms with Gasteiger partial charge in [-0.05, 0) is 24.3 Å². The molecule has 0 aliphatic rings. The number of Topliss-reactive ketones (excluding diaryl/α,β-unsaturated/α-hetero) is 1. The van der Waals surface area contributed by atoms with E-state index in [2.05, 4.69) is 4.98 Å². The molecule has 5 nitrogen and oxygen atoms in total. The summed E-state index contributed by atoms with van der Waals surface area (Å²) in [5.74, 6) is 0.318. The van der Waals surface area contributed by atoms with Crippen molar-refractivity contribution in [3.63, 3.8) is 0 Å². The van der Waals surface area contributed by atoms with Gasteiger partial charge >= 0.3 is 55.3 Å². The molecule has 1 heterocycles. The number of benzene rings is 5. The average molecular weight is 1110 g/mol. The molecule has 0 aliphatic carbocycles. The van der Waals surface area contributed by atoms with Crippen LogP contribution in [0.5, 0.6) is 5.88 Å². The van der Waals surface area contributed by atoms with Crippen molar-refractivity contribution < 1.29 is 125 Å². The van der Waals surface area contributed by atoms with Gasteiger partial charge in [0.05, 0.1) is 50.7 Å². The van der Waals surface area contributed by atoms with E-state index >= 15 is 0 Å². The van der Waals surface area contributed by atoms with Crippen LogP contribution >= 0.6 is 0 Å². The Morgan fingerprint density at radius 1 is 0.440 bits per heavy atom. The van der Waals surface area contributed by atoms with Gasteiger partial charge in [-0.25, -0.2) is 4.98 Å². The number of aliphatic hydroxyl groups is 1. The highest BCUT2D eigenvalue weighted by Gasteiger charge is 2.47. The summed E-state index contributed by atoms with van der Waals surface area (Å²) in [6, 6.07) is 0.199. The number of ether oxygens (including phenoxy) is 1. The van der Waals surface area contributed by atoms with Crippen LogP contribution in [0.25, 0.3) is 0 Å². The van der Waals surface area contributed by atoms with Gasteiger partial charge in [0.2, 0.25) is 12.3 Å². The molecule has 0 unspecified atom stereocenters. The van der Waals surface area contributed by atoms with E-state index in [4.69, 9.17) is 9.84 Å². The molecule has 0 aliphatic heterocycles. The second kappa shape index (κ2) is 20.6. The molecule has 5 aromatic carbocycles. The second-order valence-corrected chi connectivity index (χ2v) is 15.8. The lowest BCUT2D eigenvalue weighted by molar-refractivity contribution is -0.689. The van der Waals surface area contributed by atoms with Crippen LogP contribution in [0.3, 0.4) is 0 Å². The Morgan fingerprint density at radius 2 is 0.707 bits per heavy atom. The summed E-state index contributed by atoms with van der Waals surface area (Å²) in [6.07, 6.45) is -50.2. The number of nitrogens with zero attached hydrogens (tertiary/aromatic N) is 2. The summed E-state index contributed by atoms with van der Waals surface area (Å²) >= 11 is 0. The van der Waals surface area contributed by atoms with Crippen LogP contribution in [0.4, 0.5) is 105 Å². The van der Waals surface area contributed by atoms with Crippen LogP contribution in [0, 0.1) is 0 Å². The zero-order valence-corrected chi connectivity index (χ0v) is 36.3. The maximum absolute atomic E-state index is 14.2. The standard InChI is InChI=1S/C32H12BF24.C13H13N2O3/c34-25(35,36)13-1-14(26(37,38)39)6-21(5-13)33(22-7-15(27(40,41)42)2-16(8-22)28(43,44)45,23-9-17(29(46,47)48)3-18(10-23)30(49,50)51)24-11-19(31(52,53)54)4-20(12-24)32(55,56)57;16-10-18-13-8-14-6-7-15(13)9-12(17)11-4-2-1-3-5-11/h1-12H;1-8,16H,9-10H2/q-1;+1. The molecule has 0 bridgehead atoms. The van der Waals surface area contributed by atoms with Gasteiger partial charge in [-0.3, -0.25) is 4.79 Å². The molecule has 75 heavy (non-hydrogen) atoms. The highest BCUT2D eigenvalue weighted by molar-refractivity contribution is 7.20. The predicted octanol–water partition coefficient (Wildman–Crippen LogP) is 11.8. The molecular weight excluding hydrogens is 1080 g/mol. The van der Waals surface area contributed by atoms with E-state index in [1.807, 2.05) is 18.2 Å². The summed E-state index contributed by atoms with van der Waals surface area (Å²) in [5.41, 5.74) is -29.6. The van der Waals surface area contributed by atoms with E-state index in [1.165, 1.54) is 6.20 Å². The van der Waals surface area contributed by atoms with Crippen LogP contribution in [0.15, 0.2) is 122 Å². The monoisotopic (exact) mass is 1110 g/mol. The summed E-state index contributed by atoms with van der Waals surface area (Å²) in [4.78, 5) is 15.9. The van der Waals surface area contributed by atoms with Crippen molar-refractivity contribution in [1.82, 2.24) is 4.98 Å². The minimum absolute atomic E-state index is 0.0328. The zero-order valence-electron chi connectivity index (χ0n) is 36.3. The first-order valence-corrected chi connectivity index (χ1v) is 20.1. The van der Waals surface area contributed by atoms with E-state index in [1.54, 1.807) is 29.1 Å². The minimum atomic E-state index is -6.13. The molecular formula is C45H25BF24N2O3. The number of carbonyl (C=O) groups excluding carboxylic acids is 1. The van der Waals surface area contributed by atoms with Gasteiger partial charge < -0.3 is 9.84 Å². The van der Waals surface area contributed by atoms with Crippen LogP contribution in [0.1, 0.15) is 54.9 Å². The summed E-state index contributed by atoms with van der Waals surface area (Å²) in [5, 5.41) is 8.75. The first-order chi connectivity index (χ1) is 34.1. The van der Waals surface area contributed by atoms with Crippen molar-refractivity contribution in [3.8, 4) is 5.88 Å². The minimum Gasteiger partial charge on any atom is -0.416 e. The third-order valence-corrected chi connectivity index (χ3v) is 10.9. The summed E-state index contributed by atoms with van der Waals surface area (Å²) < 4.78 is 347. The van der Waals surface area contributed by atoms with Gasteiger partial charge in [-0.15, -0.1) is 0 Å². The smallest absolute Gasteiger partial charge is 0.416 e. The lowest BCUT2D eigenvalue weighted by Gasteiger charge is -2.46. The molecule has 6 aromatic rings. The maximum Gasteiger partial charge on any atom is 0.416 e. The molecule has 0 saturated heterocycles. The van der Waals surface area contributed by atoms with Gasteiger partial charge in [-0.1, -0.05) is 78.9 Å². The Labute approximate surface area is 403 Å². The van der Waals surface area contributed by atoms with Crippen LogP contribution in [0.2, 0.25) is 0 Å². The summed E-state index contributed by atoms with van der Waals surface area (Å²) in [7, 11) is 0. The van der Waals surface area contributed by atoms with Gasteiger partial charge in [0, 0.05) is 5.56 Å². The number of aliphatic hydroxyl groups excluding tert-OH is 1. The largest absolute Gasteiger partial charge is 0.416 e. The molecule has 1 aromatic heterocycles. The lowest BCUT2D eigenvalue weighted by atomic mass is 9.12. The Hall–Kier alpha value is -7.01. The van der Waals surface area contributed by atoms with E-state index < -0.39 is 202 Å². The van der Waals surface area contributed by atoms with Crippen molar-refractivity contribution in [2.75, 3.05) is 6.79 Å². The normalized spacial score (nSPS) is 13.3. The molecule has 404 valence electrons. The molecule has 0 radical (unpaired) electrons. The molecule has 30 heteroatoms. The van der Waals surface area contributed by atoms with Crippen molar-refractivity contribution >= 4 is 33.8 Å². The number of hydrogen-bond donors (Lipinski definition) is 1. The SMILES string of the molecule is FC(F)(F)c1cc([B-](c2cc(C(F)(F)F)cc(C(F)(F)F)c2)(c2cc(C(F)(F)F)cc(C(F)(F)F)c2)c2cc(C(F)(F)F)cc(C(F)(F)F)c2)cc(C(F)(F)F)c1.O=C(C[n+]1ccncc1OCO)c1ccccc1. The second-order valence-electron chi connectivity index (χ2n) is 15.8. The topological polar surface area (TPSA) is 63.3 Å². The van der Waals surface area contributed by atoms with Crippen LogP contribution in [-0.4, -0.2) is 28.8 Å².